The lowest BCUT2D eigenvalue weighted by Crippen LogP contribution is -2.30. The minimum absolute atomic E-state index is 0.419. The second kappa shape index (κ2) is 6.07. The predicted octanol–water partition coefficient (Wildman–Crippen LogP) is 3.10. The maximum atomic E-state index is 11.8. The highest BCUT2D eigenvalue weighted by atomic mass is 35.5. The van der Waals surface area contributed by atoms with Gasteiger partial charge in [-0.3, -0.25) is 4.79 Å². The molecule has 0 fully saturated rings. The van der Waals surface area contributed by atoms with Gasteiger partial charge in [-0.2, -0.15) is 0 Å². The van der Waals surface area contributed by atoms with Crippen LogP contribution < -0.4 is 5.73 Å². The number of esters is 1. The summed E-state index contributed by atoms with van der Waals surface area (Å²) < 4.78 is 4.94. The largest absolute Gasteiger partial charge is 0.448 e. The third-order valence-corrected chi connectivity index (χ3v) is 3.99. The number of hydrogen-bond donors (Lipinski definition) is 1. The molecular formula is C14H12ClNO3S. The van der Waals surface area contributed by atoms with E-state index in [2.05, 4.69) is 0 Å². The van der Waals surface area contributed by atoms with Gasteiger partial charge in [0.1, 0.15) is 4.88 Å². The number of primary amides is 1. The first-order valence-corrected chi connectivity index (χ1v) is 7.03. The van der Waals surface area contributed by atoms with E-state index in [0.29, 0.717) is 9.90 Å². The normalized spacial score (nSPS) is 11.9. The minimum Gasteiger partial charge on any atom is -0.448 e. The molecule has 1 amide bonds. The van der Waals surface area contributed by atoms with Crippen LogP contribution in [0.2, 0.25) is 5.02 Å². The Hall–Kier alpha value is -1.85. The zero-order valence-corrected chi connectivity index (χ0v) is 12.2. The number of halogens is 1. The van der Waals surface area contributed by atoms with Gasteiger partial charge in [0.15, 0.2) is 6.10 Å². The summed E-state index contributed by atoms with van der Waals surface area (Å²) >= 11 is 7.11. The monoisotopic (exact) mass is 309 g/mol. The van der Waals surface area contributed by atoms with Crippen molar-refractivity contribution in [3.05, 3.63) is 46.3 Å². The van der Waals surface area contributed by atoms with Crippen molar-refractivity contribution in [1.29, 1.82) is 0 Å². The number of ether oxygens (including phenoxy) is 1. The van der Waals surface area contributed by atoms with E-state index in [9.17, 15) is 9.59 Å². The summed E-state index contributed by atoms with van der Waals surface area (Å²) in [7, 11) is 0. The average Bonchev–Trinajstić information content (AvgIpc) is 2.89. The van der Waals surface area contributed by atoms with Gasteiger partial charge in [0.25, 0.3) is 5.91 Å². The lowest BCUT2D eigenvalue weighted by Gasteiger charge is -2.07. The van der Waals surface area contributed by atoms with Gasteiger partial charge in [-0.1, -0.05) is 23.7 Å². The van der Waals surface area contributed by atoms with Gasteiger partial charge < -0.3 is 10.5 Å². The van der Waals surface area contributed by atoms with Crippen LogP contribution in [0.5, 0.6) is 0 Å². The molecule has 0 radical (unpaired) electrons. The summed E-state index contributed by atoms with van der Waals surface area (Å²) in [5.74, 6) is -1.23. The van der Waals surface area contributed by atoms with Crippen LogP contribution in [0.1, 0.15) is 16.6 Å². The fourth-order valence-electron chi connectivity index (χ4n) is 1.49. The van der Waals surface area contributed by atoms with Crippen molar-refractivity contribution >= 4 is 34.8 Å². The second-order valence-electron chi connectivity index (χ2n) is 4.12. The number of carbonyl (C=O) groups excluding carboxylic acids is 2. The SMILES string of the molecule is C[C@H](OC(=O)c1ccc(-c2ccc(Cl)cc2)s1)C(N)=O. The van der Waals surface area contributed by atoms with Crippen LogP contribution in [0.15, 0.2) is 36.4 Å². The summed E-state index contributed by atoms with van der Waals surface area (Å²) in [6.45, 7) is 1.44. The zero-order chi connectivity index (χ0) is 14.7. The van der Waals surface area contributed by atoms with E-state index in [1.807, 2.05) is 18.2 Å². The Morgan fingerprint density at radius 2 is 1.85 bits per heavy atom. The van der Waals surface area contributed by atoms with Crippen LogP contribution in [-0.4, -0.2) is 18.0 Å². The smallest absolute Gasteiger partial charge is 0.349 e. The van der Waals surface area contributed by atoms with E-state index in [1.165, 1.54) is 18.3 Å². The van der Waals surface area contributed by atoms with Crippen molar-refractivity contribution in [2.45, 2.75) is 13.0 Å². The van der Waals surface area contributed by atoms with Gasteiger partial charge >= 0.3 is 5.97 Å². The Labute approximate surface area is 125 Å². The maximum Gasteiger partial charge on any atom is 0.349 e. The summed E-state index contributed by atoms with van der Waals surface area (Å²) in [6.07, 6.45) is -0.941. The van der Waals surface area contributed by atoms with Crippen molar-refractivity contribution in [2.24, 2.45) is 5.73 Å². The van der Waals surface area contributed by atoms with Crippen LogP contribution in [0.4, 0.5) is 0 Å². The fraction of sp³-hybridized carbons (Fsp3) is 0.143. The molecule has 0 saturated carbocycles. The number of rotatable bonds is 4. The molecule has 1 aromatic heterocycles. The van der Waals surface area contributed by atoms with E-state index in [1.54, 1.807) is 18.2 Å². The van der Waals surface area contributed by atoms with Gasteiger partial charge in [0, 0.05) is 9.90 Å². The molecule has 1 aromatic carbocycles. The summed E-state index contributed by atoms with van der Waals surface area (Å²) in [5.41, 5.74) is 6.01. The van der Waals surface area contributed by atoms with Crippen molar-refractivity contribution in [3.63, 3.8) is 0 Å². The Morgan fingerprint density at radius 1 is 1.20 bits per heavy atom. The average molecular weight is 310 g/mol. The maximum absolute atomic E-state index is 11.8. The first kappa shape index (κ1) is 14.6. The van der Waals surface area contributed by atoms with Crippen LogP contribution in [0, 0.1) is 0 Å². The van der Waals surface area contributed by atoms with E-state index >= 15 is 0 Å². The Balaban J connectivity index is 2.14. The van der Waals surface area contributed by atoms with Crippen LogP contribution >= 0.6 is 22.9 Å². The highest BCUT2D eigenvalue weighted by molar-refractivity contribution is 7.17. The highest BCUT2D eigenvalue weighted by Gasteiger charge is 2.18. The topological polar surface area (TPSA) is 69.4 Å². The van der Waals surface area contributed by atoms with Crippen molar-refractivity contribution in [1.82, 2.24) is 0 Å². The first-order valence-electron chi connectivity index (χ1n) is 5.83. The predicted molar refractivity (Wildman–Crippen MR) is 78.8 cm³/mol. The number of hydrogen-bond acceptors (Lipinski definition) is 4. The summed E-state index contributed by atoms with van der Waals surface area (Å²) in [5, 5.41) is 0.653. The van der Waals surface area contributed by atoms with Crippen molar-refractivity contribution in [3.8, 4) is 10.4 Å². The van der Waals surface area contributed by atoms with Gasteiger partial charge in [-0.05, 0) is 36.8 Å². The van der Waals surface area contributed by atoms with Gasteiger partial charge in [0.2, 0.25) is 0 Å². The molecule has 4 nitrogen and oxygen atoms in total. The molecule has 0 spiro atoms. The molecule has 0 saturated heterocycles. The molecular weight excluding hydrogens is 298 g/mol. The molecule has 20 heavy (non-hydrogen) atoms. The fourth-order valence-corrected chi connectivity index (χ4v) is 2.51. The van der Waals surface area contributed by atoms with Crippen molar-refractivity contribution < 1.29 is 14.3 Å². The number of thiophene rings is 1. The van der Waals surface area contributed by atoms with E-state index in [-0.39, 0.29) is 0 Å². The lowest BCUT2D eigenvalue weighted by atomic mass is 10.2. The molecule has 2 rings (SSSR count). The minimum atomic E-state index is -0.941. The molecule has 0 aliphatic carbocycles. The number of carbonyl (C=O) groups is 2. The van der Waals surface area contributed by atoms with Gasteiger partial charge in [0.05, 0.1) is 0 Å². The zero-order valence-electron chi connectivity index (χ0n) is 10.6. The van der Waals surface area contributed by atoms with Gasteiger partial charge in [-0.15, -0.1) is 11.3 Å². The van der Waals surface area contributed by atoms with Crippen molar-refractivity contribution in [2.75, 3.05) is 0 Å². The van der Waals surface area contributed by atoms with E-state index < -0.39 is 18.0 Å². The van der Waals surface area contributed by atoms with E-state index in [0.717, 1.165) is 10.4 Å². The molecule has 2 aromatic rings. The quantitative estimate of drug-likeness (QED) is 0.882. The van der Waals surface area contributed by atoms with Crippen LogP contribution in [0.3, 0.4) is 0 Å². The number of nitrogens with two attached hydrogens (primary N) is 1. The lowest BCUT2D eigenvalue weighted by molar-refractivity contribution is -0.125. The molecule has 104 valence electrons. The first-order chi connectivity index (χ1) is 9.47. The third kappa shape index (κ3) is 3.37. The molecule has 0 aliphatic rings. The van der Waals surface area contributed by atoms with E-state index in [4.69, 9.17) is 22.1 Å². The molecule has 2 N–H and O–H groups in total. The summed E-state index contributed by atoms with van der Waals surface area (Å²) in [4.78, 5) is 24.0. The molecule has 0 aliphatic heterocycles. The van der Waals surface area contributed by atoms with Gasteiger partial charge in [-0.25, -0.2) is 4.79 Å². The Kier molecular flexibility index (Phi) is 4.42. The Bertz CT molecular complexity index is 636. The number of amides is 1. The highest BCUT2D eigenvalue weighted by Crippen LogP contribution is 2.29. The molecule has 0 bridgehead atoms. The van der Waals surface area contributed by atoms with Crippen LogP contribution in [-0.2, 0) is 9.53 Å². The standard InChI is InChI=1S/C14H12ClNO3S/c1-8(13(16)17)19-14(18)12-7-6-11(20-12)9-2-4-10(15)5-3-9/h2-8H,1H3,(H2,16,17)/t8-/m0/s1. The third-order valence-electron chi connectivity index (χ3n) is 2.62. The molecule has 1 heterocycles. The summed E-state index contributed by atoms with van der Waals surface area (Å²) in [6, 6.07) is 10.8. The molecule has 1 atom stereocenters. The second-order valence-corrected chi connectivity index (χ2v) is 5.64. The molecule has 6 heteroatoms. The number of benzene rings is 1. The molecule has 0 unspecified atom stereocenters. The Morgan fingerprint density at radius 3 is 2.45 bits per heavy atom. The van der Waals surface area contributed by atoms with Crippen LogP contribution in [0.25, 0.3) is 10.4 Å².